The number of rotatable bonds is 5. The van der Waals surface area contributed by atoms with Crippen molar-refractivity contribution in [2.45, 2.75) is 57.4 Å². The Bertz CT molecular complexity index is 1150. The average molecular weight is 518 g/mol. The molecule has 38 heavy (non-hydrogen) atoms. The van der Waals surface area contributed by atoms with Crippen molar-refractivity contribution in [1.29, 1.82) is 0 Å². The maximum absolute atomic E-state index is 13.9. The number of nitrogens with zero attached hydrogens (tertiary/aromatic N) is 5. The summed E-state index contributed by atoms with van der Waals surface area (Å²) in [6, 6.07) is 12.1. The number of hydrogen-bond donors (Lipinski definition) is 0. The number of pyridine rings is 1. The number of benzene rings is 1. The predicted octanol–water partition coefficient (Wildman–Crippen LogP) is 3.63. The fourth-order valence-electron chi connectivity index (χ4n) is 6.29. The summed E-state index contributed by atoms with van der Waals surface area (Å²) in [5.74, 6) is 0.778. The number of amides is 2. The summed E-state index contributed by atoms with van der Waals surface area (Å²) in [7, 11) is 0. The van der Waals surface area contributed by atoms with E-state index in [-0.39, 0.29) is 11.8 Å². The molecule has 2 aromatic rings. The maximum Gasteiger partial charge on any atom is 0.243 e. The van der Waals surface area contributed by atoms with E-state index in [0.717, 1.165) is 49.8 Å². The van der Waals surface area contributed by atoms with Crippen LogP contribution in [0.25, 0.3) is 0 Å². The van der Waals surface area contributed by atoms with Gasteiger partial charge >= 0.3 is 0 Å². The number of anilines is 2. The van der Waals surface area contributed by atoms with Crippen molar-refractivity contribution < 1.29 is 14.4 Å². The number of likely N-dealkylation sites (tertiary alicyclic amines) is 1. The van der Waals surface area contributed by atoms with Crippen LogP contribution < -0.4 is 4.90 Å². The van der Waals surface area contributed by atoms with E-state index in [1.807, 2.05) is 36.9 Å². The number of fused-ring (bicyclic) bond motifs is 2. The van der Waals surface area contributed by atoms with E-state index < -0.39 is 5.41 Å². The highest BCUT2D eigenvalue weighted by atomic mass is 16.2. The van der Waals surface area contributed by atoms with Gasteiger partial charge in [0.05, 0.1) is 17.6 Å². The zero-order valence-electron chi connectivity index (χ0n) is 22.6. The van der Waals surface area contributed by atoms with Gasteiger partial charge in [0.2, 0.25) is 11.8 Å². The number of aromatic nitrogens is 1. The van der Waals surface area contributed by atoms with E-state index in [9.17, 15) is 14.4 Å². The molecule has 0 bridgehead atoms. The van der Waals surface area contributed by atoms with Gasteiger partial charge in [0, 0.05) is 57.1 Å². The summed E-state index contributed by atoms with van der Waals surface area (Å²) in [6.07, 6.45) is 7.56. The Hall–Kier alpha value is -3.10. The van der Waals surface area contributed by atoms with Crippen molar-refractivity contribution in [1.82, 2.24) is 19.7 Å². The third-order valence-corrected chi connectivity index (χ3v) is 8.74. The largest absolute Gasteiger partial charge is 0.339 e. The van der Waals surface area contributed by atoms with Gasteiger partial charge in [-0.25, -0.2) is 4.98 Å². The predicted molar refractivity (Wildman–Crippen MR) is 148 cm³/mol. The Balaban J connectivity index is 0.00000144. The second kappa shape index (κ2) is 11.3. The van der Waals surface area contributed by atoms with Crippen molar-refractivity contribution in [3.63, 3.8) is 0 Å². The first kappa shape index (κ1) is 26.5. The molecule has 3 aliphatic heterocycles. The minimum Gasteiger partial charge on any atom is -0.339 e. The van der Waals surface area contributed by atoms with E-state index in [4.69, 9.17) is 0 Å². The van der Waals surface area contributed by atoms with Gasteiger partial charge in [-0.1, -0.05) is 38.5 Å². The van der Waals surface area contributed by atoms with Crippen LogP contribution >= 0.6 is 0 Å². The number of piperazine rings is 1. The summed E-state index contributed by atoms with van der Waals surface area (Å²) in [5.41, 5.74) is 1.78. The normalized spacial score (nSPS) is 21.5. The highest BCUT2D eigenvalue weighted by Gasteiger charge is 2.52. The first-order chi connectivity index (χ1) is 18.6. The lowest BCUT2D eigenvalue weighted by atomic mass is 9.73. The van der Waals surface area contributed by atoms with Crippen molar-refractivity contribution in [2.24, 2.45) is 0 Å². The number of hydrogen-bond acceptors (Lipinski definition) is 6. The number of piperidine rings is 1. The van der Waals surface area contributed by atoms with Crippen molar-refractivity contribution in [3.8, 4) is 0 Å². The molecule has 0 radical (unpaired) electrons. The third-order valence-electron chi connectivity index (χ3n) is 8.74. The van der Waals surface area contributed by atoms with Crippen LogP contribution in [0.15, 0.2) is 42.6 Å². The van der Waals surface area contributed by atoms with Gasteiger partial charge in [-0.05, 0) is 49.4 Å². The van der Waals surface area contributed by atoms with Crippen LogP contribution in [-0.2, 0) is 15.0 Å². The van der Waals surface area contributed by atoms with E-state index in [1.54, 1.807) is 17.0 Å². The molecule has 0 atom stereocenters. The first-order valence-electron chi connectivity index (χ1n) is 14.2. The minimum atomic E-state index is -0.602. The lowest BCUT2D eigenvalue weighted by Crippen LogP contribution is -2.56. The van der Waals surface area contributed by atoms with Crippen LogP contribution in [0.5, 0.6) is 0 Å². The van der Waals surface area contributed by atoms with Crippen LogP contribution in [0, 0.1) is 0 Å². The molecule has 6 rings (SSSR count). The SMILES string of the molecule is CC.O=Cc1ccc(N2C(=O)C3(CCN(CC(=O)N4CCN(C5CCC5)CC4)CC3)c3ccccc32)nc1. The molecular formula is C30H39N5O3. The molecule has 202 valence electrons. The fraction of sp³-hybridized carbons (Fsp3) is 0.533. The second-order valence-corrected chi connectivity index (χ2v) is 10.6. The van der Waals surface area contributed by atoms with Crippen LogP contribution in [0.3, 0.4) is 0 Å². The smallest absolute Gasteiger partial charge is 0.243 e. The topological polar surface area (TPSA) is 77.1 Å². The molecule has 2 saturated heterocycles. The molecule has 3 fully saturated rings. The zero-order chi connectivity index (χ0) is 26.7. The van der Waals surface area contributed by atoms with Gasteiger partial charge in [-0.15, -0.1) is 0 Å². The third kappa shape index (κ3) is 4.76. The molecule has 2 amide bonds. The van der Waals surface area contributed by atoms with E-state index in [0.29, 0.717) is 43.9 Å². The minimum absolute atomic E-state index is 0.0353. The molecule has 4 aliphatic rings. The Labute approximate surface area is 225 Å². The number of carbonyl (C=O) groups excluding carboxylic acids is 3. The molecule has 1 aliphatic carbocycles. The van der Waals surface area contributed by atoms with Gasteiger partial charge in [0.1, 0.15) is 5.82 Å². The molecule has 1 saturated carbocycles. The number of aldehydes is 1. The Morgan fingerprint density at radius 3 is 2.32 bits per heavy atom. The van der Waals surface area contributed by atoms with Crippen LogP contribution in [0.4, 0.5) is 11.5 Å². The van der Waals surface area contributed by atoms with Crippen LogP contribution in [0.2, 0.25) is 0 Å². The summed E-state index contributed by atoms with van der Waals surface area (Å²) >= 11 is 0. The summed E-state index contributed by atoms with van der Waals surface area (Å²) in [6.45, 7) is 9.46. The van der Waals surface area contributed by atoms with E-state index in [1.165, 1.54) is 25.5 Å². The molecule has 4 heterocycles. The molecule has 8 nitrogen and oxygen atoms in total. The fourth-order valence-corrected chi connectivity index (χ4v) is 6.29. The molecule has 8 heteroatoms. The molecule has 1 spiro atoms. The molecule has 0 N–H and O–H groups in total. The van der Waals surface area contributed by atoms with Gasteiger partial charge in [0.15, 0.2) is 6.29 Å². The Morgan fingerprint density at radius 1 is 1.00 bits per heavy atom. The zero-order valence-corrected chi connectivity index (χ0v) is 22.6. The van der Waals surface area contributed by atoms with Crippen molar-refractivity contribution in [2.75, 3.05) is 50.7 Å². The monoisotopic (exact) mass is 517 g/mol. The van der Waals surface area contributed by atoms with Gasteiger partial charge in [0.25, 0.3) is 0 Å². The average Bonchev–Trinajstić information content (AvgIpc) is 3.18. The Kier molecular flexibility index (Phi) is 7.91. The molecular weight excluding hydrogens is 478 g/mol. The quantitative estimate of drug-likeness (QED) is 0.564. The van der Waals surface area contributed by atoms with Crippen molar-refractivity contribution in [3.05, 3.63) is 53.7 Å². The van der Waals surface area contributed by atoms with Crippen molar-refractivity contribution >= 4 is 29.6 Å². The highest BCUT2D eigenvalue weighted by Crippen LogP contribution is 2.50. The molecule has 1 aromatic heterocycles. The molecule has 1 aromatic carbocycles. The summed E-state index contributed by atoms with van der Waals surface area (Å²) in [5, 5.41) is 0. The van der Waals surface area contributed by atoms with Gasteiger partial charge in [-0.3, -0.25) is 29.1 Å². The van der Waals surface area contributed by atoms with E-state index in [2.05, 4.69) is 20.9 Å². The van der Waals surface area contributed by atoms with Crippen LogP contribution in [-0.4, -0.2) is 89.6 Å². The highest BCUT2D eigenvalue weighted by molar-refractivity contribution is 6.12. The number of carbonyl (C=O) groups is 3. The van der Waals surface area contributed by atoms with E-state index >= 15 is 0 Å². The lowest BCUT2D eigenvalue weighted by Gasteiger charge is -2.43. The van der Waals surface area contributed by atoms with Gasteiger partial charge in [-0.2, -0.15) is 0 Å². The van der Waals surface area contributed by atoms with Crippen LogP contribution in [0.1, 0.15) is 61.9 Å². The maximum atomic E-state index is 13.9. The summed E-state index contributed by atoms with van der Waals surface area (Å²) < 4.78 is 0. The lowest BCUT2D eigenvalue weighted by molar-refractivity contribution is -0.135. The second-order valence-electron chi connectivity index (χ2n) is 10.6. The molecule has 0 unspecified atom stereocenters. The first-order valence-corrected chi connectivity index (χ1v) is 14.2. The van der Waals surface area contributed by atoms with Gasteiger partial charge < -0.3 is 4.90 Å². The Morgan fingerprint density at radius 2 is 1.71 bits per heavy atom. The standard InChI is InChI=1S/C28H33N5O3.C2H6/c34-20-21-8-9-25(29-18-21)33-24-7-2-1-6-23(24)28(27(33)36)10-12-30(13-11-28)19-26(35)32-16-14-31(15-17-32)22-4-3-5-22;1-2/h1-2,6-9,18,20,22H,3-5,10-17,19H2;1-2H3. The number of para-hydroxylation sites is 1. The summed E-state index contributed by atoms with van der Waals surface area (Å²) in [4.78, 5) is 50.9.